The molecule has 2 fully saturated rings. The van der Waals surface area contributed by atoms with Crippen molar-refractivity contribution in [3.8, 4) is 0 Å². The van der Waals surface area contributed by atoms with Gasteiger partial charge in [0.2, 0.25) is 5.91 Å². The molecule has 0 radical (unpaired) electrons. The van der Waals surface area contributed by atoms with Gasteiger partial charge in [-0.3, -0.25) is 4.79 Å². The Morgan fingerprint density at radius 1 is 1.31 bits per heavy atom. The summed E-state index contributed by atoms with van der Waals surface area (Å²) in [5, 5.41) is 3.42. The summed E-state index contributed by atoms with van der Waals surface area (Å²) < 4.78 is 0. The number of carbonyl (C=O) groups excluding carboxylic acids is 1. The van der Waals surface area contributed by atoms with Gasteiger partial charge >= 0.3 is 0 Å². The van der Waals surface area contributed by atoms with E-state index in [0.717, 1.165) is 19.5 Å². The van der Waals surface area contributed by atoms with E-state index in [4.69, 9.17) is 0 Å². The molecule has 1 N–H and O–H groups in total. The quantitative estimate of drug-likeness (QED) is 0.738. The molecule has 92 valence electrons. The van der Waals surface area contributed by atoms with Crippen molar-refractivity contribution in [1.29, 1.82) is 0 Å². The lowest BCUT2D eigenvalue weighted by Crippen LogP contribution is -2.60. The second-order valence-corrected chi connectivity index (χ2v) is 5.56. The van der Waals surface area contributed by atoms with Crippen molar-refractivity contribution in [2.24, 2.45) is 0 Å². The van der Waals surface area contributed by atoms with Crippen LogP contribution in [0.4, 0.5) is 0 Å². The Hall–Kier alpha value is -0.570. The van der Waals surface area contributed by atoms with Gasteiger partial charge in [0.05, 0.1) is 5.54 Å². The lowest BCUT2D eigenvalue weighted by Gasteiger charge is -2.42. The molecule has 2 aliphatic rings. The van der Waals surface area contributed by atoms with E-state index in [-0.39, 0.29) is 5.54 Å². The fourth-order valence-corrected chi connectivity index (χ4v) is 2.96. The van der Waals surface area contributed by atoms with E-state index >= 15 is 0 Å². The van der Waals surface area contributed by atoms with Crippen LogP contribution in [-0.4, -0.2) is 35.5 Å². The predicted molar refractivity (Wildman–Crippen MR) is 65.3 cm³/mol. The number of hydrogen-bond acceptors (Lipinski definition) is 2. The van der Waals surface area contributed by atoms with Crippen LogP contribution in [0.25, 0.3) is 0 Å². The molecule has 3 nitrogen and oxygen atoms in total. The highest BCUT2D eigenvalue weighted by molar-refractivity contribution is 5.86. The van der Waals surface area contributed by atoms with Crippen LogP contribution < -0.4 is 5.32 Å². The molecule has 0 aliphatic carbocycles. The zero-order chi connectivity index (χ0) is 11.6. The van der Waals surface area contributed by atoms with E-state index in [2.05, 4.69) is 24.1 Å². The van der Waals surface area contributed by atoms with Crippen LogP contribution >= 0.6 is 0 Å². The van der Waals surface area contributed by atoms with E-state index in [1.807, 2.05) is 0 Å². The molecule has 2 unspecified atom stereocenters. The predicted octanol–water partition coefficient (Wildman–Crippen LogP) is 1.92. The van der Waals surface area contributed by atoms with Crippen LogP contribution in [0.5, 0.6) is 0 Å². The van der Waals surface area contributed by atoms with Gasteiger partial charge in [0.15, 0.2) is 0 Å². The van der Waals surface area contributed by atoms with Crippen molar-refractivity contribution in [2.75, 3.05) is 13.1 Å². The topological polar surface area (TPSA) is 32.3 Å². The van der Waals surface area contributed by atoms with Crippen molar-refractivity contribution in [3.63, 3.8) is 0 Å². The Morgan fingerprint density at radius 2 is 2.12 bits per heavy atom. The first kappa shape index (κ1) is 11.9. The average molecular weight is 224 g/mol. The smallest absolute Gasteiger partial charge is 0.242 e. The van der Waals surface area contributed by atoms with Crippen molar-refractivity contribution in [1.82, 2.24) is 10.2 Å². The maximum atomic E-state index is 12.5. The lowest BCUT2D eigenvalue weighted by atomic mass is 9.88. The maximum Gasteiger partial charge on any atom is 0.242 e. The van der Waals surface area contributed by atoms with Gasteiger partial charge in [0.1, 0.15) is 0 Å². The molecule has 0 bridgehead atoms. The Labute approximate surface area is 98.6 Å². The summed E-state index contributed by atoms with van der Waals surface area (Å²) >= 11 is 0. The van der Waals surface area contributed by atoms with Gasteiger partial charge in [-0.2, -0.15) is 0 Å². The van der Waals surface area contributed by atoms with Crippen LogP contribution in [0.3, 0.4) is 0 Å². The Kier molecular flexibility index (Phi) is 3.53. The van der Waals surface area contributed by atoms with Crippen molar-refractivity contribution < 1.29 is 4.79 Å². The summed E-state index contributed by atoms with van der Waals surface area (Å²) in [6.45, 7) is 6.21. The molecule has 2 aliphatic heterocycles. The summed E-state index contributed by atoms with van der Waals surface area (Å²) in [6, 6.07) is 0.432. The van der Waals surface area contributed by atoms with Crippen molar-refractivity contribution >= 4 is 5.91 Å². The van der Waals surface area contributed by atoms with E-state index in [0.29, 0.717) is 11.9 Å². The third-order valence-electron chi connectivity index (χ3n) is 4.15. The zero-order valence-electron chi connectivity index (χ0n) is 10.6. The summed E-state index contributed by atoms with van der Waals surface area (Å²) in [6.07, 6.45) is 6.99. The summed E-state index contributed by atoms with van der Waals surface area (Å²) in [5.41, 5.74) is -0.288. The van der Waals surface area contributed by atoms with Crippen LogP contribution in [0.15, 0.2) is 0 Å². The molecular weight excluding hydrogens is 200 g/mol. The second-order valence-electron chi connectivity index (χ2n) is 5.56. The first-order valence-electron chi connectivity index (χ1n) is 6.69. The number of hydrogen-bond donors (Lipinski definition) is 1. The highest BCUT2D eigenvalue weighted by Gasteiger charge is 2.39. The number of nitrogens with one attached hydrogen (secondary N) is 1. The van der Waals surface area contributed by atoms with Crippen molar-refractivity contribution in [3.05, 3.63) is 0 Å². The van der Waals surface area contributed by atoms with E-state index in [1.54, 1.807) is 0 Å². The average Bonchev–Trinajstić information content (AvgIpc) is 2.30. The highest BCUT2D eigenvalue weighted by Crippen LogP contribution is 2.25. The first-order valence-corrected chi connectivity index (χ1v) is 6.69. The first-order chi connectivity index (χ1) is 7.63. The standard InChI is InChI=1S/C13H24N2O/c1-11-7-3-6-10-15(11)12(16)13(2)8-4-5-9-14-13/h11,14H,3-10H2,1-2H3. The minimum absolute atomic E-state index is 0.288. The second kappa shape index (κ2) is 4.74. The fraction of sp³-hybridized carbons (Fsp3) is 0.923. The number of piperidine rings is 2. The molecule has 16 heavy (non-hydrogen) atoms. The SMILES string of the molecule is CC1CCCCN1C(=O)C1(C)CCCCN1. The van der Waals surface area contributed by atoms with Gasteiger partial charge in [0.25, 0.3) is 0 Å². The summed E-state index contributed by atoms with van der Waals surface area (Å²) in [5.74, 6) is 0.333. The molecule has 0 aromatic rings. The minimum Gasteiger partial charge on any atom is -0.338 e. The Balaban J connectivity index is 2.04. The molecule has 2 atom stereocenters. The van der Waals surface area contributed by atoms with Crippen molar-refractivity contribution in [2.45, 2.75) is 64.0 Å². The number of amides is 1. The van der Waals surface area contributed by atoms with E-state index in [9.17, 15) is 4.79 Å². The van der Waals surface area contributed by atoms with Crippen LogP contribution in [0, 0.1) is 0 Å². The molecule has 0 saturated carbocycles. The third-order valence-corrected chi connectivity index (χ3v) is 4.15. The molecule has 3 heteroatoms. The summed E-state index contributed by atoms with van der Waals surface area (Å²) in [7, 11) is 0. The van der Waals surface area contributed by atoms with Gasteiger partial charge < -0.3 is 10.2 Å². The van der Waals surface area contributed by atoms with Crippen LogP contribution in [-0.2, 0) is 4.79 Å². The molecule has 2 saturated heterocycles. The van der Waals surface area contributed by atoms with Gasteiger partial charge in [-0.25, -0.2) is 0 Å². The number of likely N-dealkylation sites (tertiary alicyclic amines) is 1. The maximum absolute atomic E-state index is 12.5. The number of nitrogens with zero attached hydrogens (tertiary/aromatic N) is 1. The molecule has 2 rings (SSSR count). The Bertz CT molecular complexity index is 259. The zero-order valence-corrected chi connectivity index (χ0v) is 10.6. The lowest BCUT2D eigenvalue weighted by molar-refractivity contribution is -0.142. The van der Waals surface area contributed by atoms with Gasteiger partial charge in [0, 0.05) is 12.6 Å². The van der Waals surface area contributed by atoms with Crippen LogP contribution in [0.1, 0.15) is 52.4 Å². The van der Waals surface area contributed by atoms with Gasteiger partial charge in [-0.05, 0) is 58.9 Å². The monoisotopic (exact) mass is 224 g/mol. The number of rotatable bonds is 1. The summed E-state index contributed by atoms with van der Waals surface area (Å²) in [4.78, 5) is 14.6. The highest BCUT2D eigenvalue weighted by atomic mass is 16.2. The third kappa shape index (κ3) is 2.24. The van der Waals surface area contributed by atoms with E-state index < -0.39 is 0 Å². The molecular formula is C13H24N2O. The van der Waals surface area contributed by atoms with Crippen LogP contribution in [0.2, 0.25) is 0 Å². The molecule has 0 aromatic carbocycles. The molecule has 2 heterocycles. The fourth-order valence-electron chi connectivity index (χ4n) is 2.96. The number of carbonyl (C=O) groups is 1. The largest absolute Gasteiger partial charge is 0.338 e. The van der Waals surface area contributed by atoms with Gasteiger partial charge in [-0.1, -0.05) is 0 Å². The molecule has 0 aromatic heterocycles. The van der Waals surface area contributed by atoms with Gasteiger partial charge in [-0.15, -0.1) is 0 Å². The Morgan fingerprint density at radius 3 is 2.75 bits per heavy atom. The molecule has 0 spiro atoms. The van der Waals surface area contributed by atoms with E-state index in [1.165, 1.54) is 32.1 Å². The molecule has 1 amide bonds. The minimum atomic E-state index is -0.288. The normalized spacial score (nSPS) is 36.1.